The van der Waals surface area contributed by atoms with E-state index in [1.807, 2.05) is 6.92 Å². The lowest BCUT2D eigenvalue weighted by molar-refractivity contribution is -0.274. The van der Waals surface area contributed by atoms with E-state index in [0.717, 1.165) is 32.3 Å². The fourth-order valence-electron chi connectivity index (χ4n) is 3.12. The maximum atomic E-state index is 12.6. The lowest BCUT2D eigenvalue weighted by atomic mass is 10.1. The van der Waals surface area contributed by atoms with Gasteiger partial charge < -0.3 is 14.4 Å². The Morgan fingerprint density at radius 3 is 2.73 bits per heavy atom. The van der Waals surface area contributed by atoms with Crippen LogP contribution in [0.15, 0.2) is 24.3 Å². The van der Waals surface area contributed by atoms with Gasteiger partial charge >= 0.3 is 6.36 Å². The zero-order valence-electron chi connectivity index (χ0n) is 15.1. The summed E-state index contributed by atoms with van der Waals surface area (Å²) < 4.78 is 47.2. The van der Waals surface area contributed by atoms with Crippen LogP contribution in [0.5, 0.6) is 5.75 Å². The van der Waals surface area contributed by atoms with E-state index in [-0.39, 0.29) is 30.6 Å². The summed E-state index contributed by atoms with van der Waals surface area (Å²) in [5.41, 5.74) is 0.378. The molecule has 1 aromatic carbocycles. The Labute approximate surface area is 152 Å². The number of amides is 1. The van der Waals surface area contributed by atoms with Crippen molar-refractivity contribution in [3.8, 4) is 5.75 Å². The van der Waals surface area contributed by atoms with Crippen molar-refractivity contribution in [3.05, 3.63) is 29.8 Å². The number of hydrogen-bond acceptors (Lipinski definition) is 3. The molecule has 1 amide bonds. The molecule has 0 bridgehead atoms. The molecular formula is C19H26F3NO3. The van der Waals surface area contributed by atoms with Crippen molar-refractivity contribution in [1.82, 2.24) is 4.90 Å². The number of para-hydroxylation sites is 1. The first kappa shape index (κ1) is 20.6. The molecule has 4 nitrogen and oxygen atoms in total. The molecule has 1 atom stereocenters. The number of nitrogens with zero attached hydrogens (tertiary/aromatic N) is 1. The first-order valence-corrected chi connectivity index (χ1v) is 9.12. The average molecular weight is 373 g/mol. The molecule has 0 saturated carbocycles. The van der Waals surface area contributed by atoms with E-state index in [4.69, 9.17) is 4.74 Å². The van der Waals surface area contributed by atoms with E-state index < -0.39 is 6.36 Å². The quantitative estimate of drug-likeness (QED) is 0.681. The molecule has 0 spiro atoms. The topological polar surface area (TPSA) is 38.8 Å². The summed E-state index contributed by atoms with van der Waals surface area (Å²) >= 11 is 0. The molecule has 1 fully saturated rings. The van der Waals surface area contributed by atoms with Gasteiger partial charge in [0.2, 0.25) is 5.91 Å². The third-order valence-corrected chi connectivity index (χ3v) is 4.35. The second-order valence-electron chi connectivity index (χ2n) is 6.48. The Morgan fingerprint density at radius 2 is 2.08 bits per heavy atom. The number of rotatable bonds is 8. The van der Waals surface area contributed by atoms with Gasteiger partial charge in [-0.1, -0.05) is 25.1 Å². The predicted octanol–water partition coefficient (Wildman–Crippen LogP) is 4.33. The van der Waals surface area contributed by atoms with Crippen molar-refractivity contribution < 1.29 is 27.4 Å². The van der Waals surface area contributed by atoms with Crippen LogP contribution in [0.4, 0.5) is 13.2 Å². The number of halogens is 3. The number of aryl methyl sites for hydroxylation is 1. The van der Waals surface area contributed by atoms with Crippen molar-refractivity contribution in [1.29, 1.82) is 0 Å². The van der Waals surface area contributed by atoms with Crippen LogP contribution in [0.3, 0.4) is 0 Å². The molecule has 1 unspecified atom stereocenters. The summed E-state index contributed by atoms with van der Waals surface area (Å²) in [4.78, 5) is 14.4. The minimum Gasteiger partial charge on any atom is -0.406 e. The molecule has 0 N–H and O–H groups in total. The minimum atomic E-state index is -4.74. The van der Waals surface area contributed by atoms with Crippen LogP contribution in [0.2, 0.25) is 0 Å². The number of carbonyl (C=O) groups excluding carboxylic acids is 1. The first-order chi connectivity index (χ1) is 12.4. The molecule has 7 heteroatoms. The lowest BCUT2D eigenvalue weighted by Gasteiger charge is -2.30. The highest BCUT2D eigenvalue weighted by molar-refractivity contribution is 5.76. The molecule has 2 rings (SSSR count). The van der Waals surface area contributed by atoms with E-state index in [1.54, 1.807) is 17.0 Å². The third kappa shape index (κ3) is 6.86. The molecule has 1 aliphatic rings. The first-order valence-electron chi connectivity index (χ1n) is 9.12. The second kappa shape index (κ2) is 9.80. The Bertz CT molecular complexity index is 571. The molecule has 0 aliphatic carbocycles. The summed E-state index contributed by atoms with van der Waals surface area (Å²) in [6, 6.07) is 5.95. The molecule has 0 radical (unpaired) electrons. The SMILES string of the molecule is CCCN(CC1CCCCO1)C(=O)CCc1ccccc1OC(F)(F)F. The van der Waals surface area contributed by atoms with Gasteiger partial charge in [0.25, 0.3) is 0 Å². The maximum absolute atomic E-state index is 12.6. The molecule has 1 saturated heterocycles. The summed E-state index contributed by atoms with van der Waals surface area (Å²) in [7, 11) is 0. The van der Waals surface area contributed by atoms with Gasteiger partial charge in [-0.2, -0.15) is 0 Å². The van der Waals surface area contributed by atoms with Crippen LogP contribution in [0.25, 0.3) is 0 Å². The Hall–Kier alpha value is -1.76. The molecular weight excluding hydrogens is 347 g/mol. The summed E-state index contributed by atoms with van der Waals surface area (Å²) in [6.07, 6.45) is -0.425. The Balaban J connectivity index is 1.94. The lowest BCUT2D eigenvalue weighted by Crippen LogP contribution is -2.40. The third-order valence-electron chi connectivity index (χ3n) is 4.35. The monoisotopic (exact) mass is 373 g/mol. The number of benzene rings is 1. The largest absolute Gasteiger partial charge is 0.573 e. The van der Waals surface area contributed by atoms with Gasteiger partial charge in [0.15, 0.2) is 0 Å². The van der Waals surface area contributed by atoms with Gasteiger partial charge in [0.1, 0.15) is 5.75 Å². The Kier molecular flexibility index (Phi) is 7.75. The van der Waals surface area contributed by atoms with Gasteiger partial charge in [0, 0.05) is 26.1 Å². The van der Waals surface area contributed by atoms with Gasteiger partial charge in [-0.3, -0.25) is 4.79 Å². The van der Waals surface area contributed by atoms with E-state index in [0.29, 0.717) is 18.7 Å². The van der Waals surface area contributed by atoms with Gasteiger partial charge in [0.05, 0.1) is 6.10 Å². The van der Waals surface area contributed by atoms with Crippen LogP contribution >= 0.6 is 0 Å². The van der Waals surface area contributed by atoms with Crippen molar-refractivity contribution in [3.63, 3.8) is 0 Å². The van der Waals surface area contributed by atoms with Gasteiger partial charge in [-0.15, -0.1) is 13.2 Å². The molecule has 1 aromatic rings. The van der Waals surface area contributed by atoms with Crippen LogP contribution in [0.1, 0.15) is 44.6 Å². The molecule has 0 aromatic heterocycles. The van der Waals surface area contributed by atoms with Crippen molar-refractivity contribution in [2.45, 2.75) is 57.9 Å². The average Bonchev–Trinajstić information content (AvgIpc) is 2.60. The Morgan fingerprint density at radius 1 is 1.31 bits per heavy atom. The zero-order chi connectivity index (χ0) is 19.0. The minimum absolute atomic E-state index is 0.0556. The van der Waals surface area contributed by atoms with Crippen LogP contribution < -0.4 is 4.74 Å². The van der Waals surface area contributed by atoms with Crippen molar-refractivity contribution in [2.24, 2.45) is 0 Å². The highest BCUT2D eigenvalue weighted by Gasteiger charge is 2.32. The number of carbonyl (C=O) groups is 1. The zero-order valence-corrected chi connectivity index (χ0v) is 15.1. The van der Waals surface area contributed by atoms with Gasteiger partial charge in [-0.25, -0.2) is 0 Å². The van der Waals surface area contributed by atoms with Crippen molar-refractivity contribution >= 4 is 5.91 Å². The summed E-state index contributed by atoms with van der Waals surface area (Å²) in [5.74, 6) is -0.312. The van der Waals surface area contributed by atoms with E-state index in [9.17, 15) is 18.0 Å². The van der Waals surface area contributed by atoms with Crippen LogP contribution in [-0.2, 0) is 16.0 Å². The van der Waals surface area contributed by atoms with E-state index in [2.05, 4.69) is 4.74 Å². The molecule has 1 aliphatic heterocycles. The maximum Gasteiger partial charge on any atom is 0.573 e. The van der Waals surface area contributed by atoms with E-state index >= 15 is 0 Å². The highest BCUT2D eigenvalue weighted by Crippen LogP contribution is 2.27. The molecule has 1 heterocycles. The smallest absolute Gasteiger partial charge is 0.406 e. The molecule has 26 heavy (non-hydrogen) atoms. The van der Waals surface area contributed by atoms with E-state index in [1.165, 1.54) is 12.1 Å². The summed E-state index contributed by atoms with van der Waals surface area (Å²) in [6.45, 7) is 3.89. The normalized spacial score (nSPS) is 17.8. The standard InChI is InChI=1S/C19H26F3NO3/c1-2-12-23(14-16-8-5-6-13-25-16)18(24)11-10-15-7-3-4-9-17(15)26-19(20,21)22/h3-4,7,9,16H,2,5-6,8,10-14H2,1H3. The molecule has 146 valence electrons. The fraction of sp³-hybridized carbons (Fsp3) is 0.632. The number of ether oxygens (including phenoxy) is 2. The predicted molar refractivity (Wildman–Crippen MR) is 91.9 cm³/mol. The van der Waals surface area contributed by atoms with Crippen LogP contribution in [-0.4, -0.2) is 43.0 Å². The van der Waals surface area contributed by atoms with Crippen molar-refractivity contribution in [2.75, 3.05) is 19.7 Å². The fourth-order valence-corrected chi connectivity index (χ4v) is 3.12. The van der Waals surface area contributed by atoms with Gasteiger partial charge in [-0.05, 0) is 43.7 Å². The number of hydrogen-bond donors (Lipinski definition) is 0. The highest BCUT2D eigenvalue weighted by atomic mass is 19.4. The number of alkyl halides is 3. The summed E-state index contributed by atoms with van der Waals surface area (Å²) in [5, 5.41) is 0. The van der Waals surface area contributed by atoms with Crippen LogP contribution in [0, 0.1) is 0 Å². The second-order valence-corrected chi connectivity index (χ2v) is 6.48.